The van der Waals surface area contributed by atoms with Crippen LogP contribution in [0.2, 0.25) is 0 Å². The third-order valence-electron chi connectivity index (χ3n) is 5.70. The minimum absolute atomic E-state index is 0.123. The van der Waals surface area contributed by atoms with Crippen molar-refractivity contribution in [2.45, 2.75) is 50.3 Å². The van der Waals surface area contributed by atoms with Crippen molar-refractivity contribution in [3.8, 4) is 5.75 Å². The molecule has 2 fully saturated rings. The van der Waals surface area contributed by atoms with Gasteiger partial charge in [-0.05, 0) is 48.3 Å². The lowest BCUT2D eigenvalue weighted by Crippen LogP contribution is -2.18. The summed E-state index contributed by atoms with van der Waals surface area (Å²) in [5.74, 6) is 3.59. The largest absolute Gasteiger partial charge is 0.492 e. The van der Waals surface area contributed by atoms with Gasteiger partial charge in [-0.2, -0.15) is 0 Å². The van der Waals surface area contributed by atoms with Crippen molar-refractivity contribution < 1.29 is 4.74 Å². The summed E-state index contributed by atoms with van der Waals surface area (Å²) in [6.45, 7) is 5.29. The van der Waals surface area contributed by atoms with Crippen LogP contribution < -0.4 is 4.74 Å². The Labute approximate surface area is 126 Å². The first-order valence-corrected chi connectivity index (χ1v) is 8.43. The molecule has 1 heterocycles. The summed E-state index contributed by atoms with van der Waals surface area (Å²) in [4.78, 5) is 0. The molecular formula is C18H23ClO. The Morgan fingerprint density at radius 3 is 2.60 bits per heavy atom. The summed E-state index contributed by atoms with van der Waals surface area (Å²) in [5, 5.41) is 0.199. The first-order valence-electron chi connectivity index (χ1n) is 7.99. The summed E-state index contributed by atoms with van der Waals surface area (Å²) in [6.07, 6.45) is 5.62. The van der Waals surface area contributed by atoms with E-state index in [1.54, 1.807) is 0 Å². The van der Waals surface area contributed by atoms with E-state index in [0.717, 1.165) is 30.1 Å². The van der Waals surface area contributed by atoms with E-state index in [4.69, 9.17) is 16.3 Å². The Balaban J connectivity index is 1.60. The van der Waals surface area contributed by atoms with Crippen molar-refractivity contribution in [1.29, 1.82) is 0 Å². The van der Waals surface area contributed by atoms with Crippen molar-refractivity contribution >= 4 is 11.6 Å². The van der Waals surface area contributed by atoms with Crippen LogP contribution >= 0.6 is 11.6 Å². The molecule has 108 valence electrons. The van der Waals surface area contributed by atoms with E-state index >= 15 is 0 Å². The molecule has 0 radical (unpaired) electrons. The first kappa shape index (κ1) is 13.0. The summed E-state index contributed by atoms with van der Waals surface area (Å²) >= 11 is 6.83. The molecule has 0 N–H and O–H groups in total. The van der Waals surface area contributed by atoms with Gasteiger partial charge in [0, 0.05) is 11.0 Å². The Morgan fingerprint density at radius 1 is 1.20 bits per heavy atom. The second-order valence-corrected chi connectivity index (χ2v) is 7.99. The fraction of sp³-hybridized carbons (Fsp3) is 0.667. The van der Waals surface area contributed by atoms with Gasteiger partial charge in [0.2, 0.25) is 0 Å². The molecule has 3 unspecified atom stereocenters. The van der Waals surface area contributed by atoms with E-state index < -0.39 is 0 Å². The normalized spacial score (nSPS) is 34.9. The standard InChI is InChI=1S/C18H23ClO/c1-18(2)10-20-15-8-7-11(9-14(15)18)17(19)16-12-5-3-4-6-13(12)16/h7-9,12-13,16-17H,3-6,10H2,1-2H3. The molecule has 0 aromatic heterocycles. The summed E-state index contributed by atoms with van der Waals surface area (Å²) in [7, 11) is 0. The van der Waals surface area contributed by atoms with Gasteiger partial charge < -0.3 is 4.74 Å². The van der Waals surface area contributed by atoms with Crippen molar-refractivity contribution in [2.24, 2.45) is 17.8 Å². The molecule has 0 spiro atoms. The molecule has 3 aliphatic rings. The molecule has 1 aromatic rings. The van der Waals surface area contributed by atoms with Gasteiger partial charge in [-0.15, -0.1) is 11.6 Å². The van der Waals surface area contributed by atoms with E-state index in [1.807, 2.05) is 0 Å². The van der Waals surface area contributed by atoms with Gasteiger partial charge in [0.05, 0.1) is 12.0 Å². The van der Waals surface area contributed by atoms with Crippen LogP contribution in [0.1, 0.15) is 56.0 Å². The molecule has 1 aromatic carbocycles. The minimum Gasteiger partial charge on any atom is -0.492 e. The summed E-state index contributed by atoms with van der Waals surface area (Å²) < 4.78 is 5.78. The molecule has 4 rings (SSSR count). The second kappa shape index (κ2) is 4.40. The maximum atomic E-state index is 6.83. The van der Waals surface area contributed by atoms with Crippen LogP contribution in [0.4, 0.5) is 0 Å². The van der Waals surface area contributed by atoms with Crippen molar-refractivity contribution in [2.75, 3.05) is 6.61 Å². The van der Waals surface area contributed by atoms with Gasteiger partial charge in [0.15, 0.2) is 0 Å². The number of ether oxygens (including phenoxy) is 1. The second-order valence-electron chi connectivity index (χ2n) is 7.52. The quantitative estimate of drug-likeness (QED) is 0.691. The minimum atomic E-state index is 0.123. The molecule has 1 nitrogen and oxygen atoms in total. The molecule has 0 saturated heterocycles. The predicted octanol–water partition coefficient (Wildman–Crippen LogP) is 5.07. The number of fused-ring (bicyclic) bond motifs is 2. The number of benzene rings is 1. The maximum absolute atomic E-state index is 6.83. The molecular weight excluding hydrogens is 268 g/mol. The van der Waals surface area contributed by atoms with Crippen molar-refractivity contribution in [3.63, 3.8) is 0 Å². The smallest absolute Gasteiger partial charge is 0.123 e. The lowest BCUT2D eigenvalue weighted by atomic mass is 9.85. The van der Waals surface area contributed by atoms with E-state index in [2.05, 4.69) is 32.0 Å². The average Bonchev–Trinajstić information content (AvgIpc) is 3.10. The van der Waals surface area contributed by atoms with Crippen LogP contribution in [0.15, 0.2) is 18.2 Å². The molecule has 3 atom stereocenters. The van der Waals surface area contributed by atoms with Crippen LogP contribution in [0.25, 0.3) is 0 Å². The van der Waals surface area contributed by atoms with Gasteiger partial charge in [0.1, 0.15) is 5.75 Å². The third kappa shape index (κ3) is 1.89. The van der Waals surface area contributed by atoms with Crippen LogP contribution in [0.5, 0.6) is 5.75 Å². The fourth-order valence-electron chi connectivity index (χ4n) is 4.41. The van der Waals surface area contributed by atoms with E-state index in [1.165, 1.54) is 36.8 Å². The zero-order chi connectivity index (χ0) is 13.9. The Kier molecular flexibility index (Phi) is 2.86. The van der Waals surface area contributed by atoms with Crippen LogP contribution in [0.3, 0.4) is 0 Å². The van der Waals surface area contributed by atoms with Gasteiger partial charge >= 0.3 is 0 Å². The third-order valence-corrected chi connectivity index (χ3v) is 6.24. The van der Waals surface area contributed by atoms with Gasteiger partial charge in [0.25, 0.3) is 0 Å². The fourth-order valence-corrected chi connectivity index (χ4v) is 4.92. The van der Waals surface area contributed by atoms with Crippen LogP contribution in [-0.4, -0.2) is 6.61 Å². The molecule has 1 aliphatic heterocycles. The monoisotopic (exact) mass is 290 g/mol. The Hall–Kier alpha value is -0.690. The molecule has 2 saturated carbocycles. The molecule has 2 heteroatoms. The SMILES string of the molecule is CC1(C)COc2ccc(C(Cl)C3C4CCCCC43)cc21. The number of halogens is 1. The predicted molar refractivity (Wildman–Crippen MR) is 82.5 cm³/mol. The van der Waals surface area contributed by atoms with Crippen molar-refractivity contribution in [1.82, 2.24) is 0 Å². The Bertz CT molecular complexity index is 524. The van der Waals surface area contributed by atoms with Gasteiger partial charge in [-0.3, -0.25) is 0 Å². The Morgan fingerprint density at radius 2 is 1.90 bits per heavy atom. The van der Waals surface area contributed by atoms with Crippen molar-refractivity contribution in [3.05, 3.63) is 29.3 Å². The lowest BCUT2D eigenvalue weighted by Gasteiger charge is -2.17. The van der Waals surface area contributed by atoms with E-state index in [9.17, 15) is 0 Å². The lowest BCUT2D eigenvalue weighted by molar-refractivity contribution is 0.291. The van der Waals surface area contributed by atoms with E-state index in [-0.39, 0.29) is 10.8 Å². The zero-order valence-corrected chi connectivity index (χ0v) is 13.1. The highest BCUT2D eigenvalue weighted by Crippen LogP contribution is 2.62. The summed E-state index contributed by atoms with van der Waals surface area (Å²) in [5.41, 5.74) is 2.77. The van der Waals surface area contributed by atoms with Gasteiger partial charge in [-0.25, -0.2) is 0 Å². The topological polar surface area (TPSA) is 9.23 Å². The zero-order valence-electron chi connectivity index (χ0n) is 12.4. The molecule has 0 amide bonds. The van der Waals surface area contributed by atoms with Crippen LogP contribution in [0, 0.1) is 17.8 Å². The van der Waals surface area contributed by atoms with E-state index in [0.29, 0.717) is 0 Å². The highest BCUT2D eigenvalue weighted by atomic mass is 35.5. The number of alkyl halides is 1. The summed E-state index contributed by atoms with van der Waals surface area (Å²) in [6, 6.07) is 6.62. The maximum Gasteiger partial charge on any atom is 0.123 e. The number of rotatable bonds is 2. The number of hydrogen-bond acceptors (Lipinski definition) is 1. The number of hydrogen-bond donors (Lipinski definition) is 0. The molecule has 2 aliphatic carbocycles. The average molecular weight is 291 g/mol. The highest BCUT2D eigenvalue weighted by molar-refractivity contribution is 6.21. The molecule has 20 heavy (non-hydrogen) atoms. The van der Waals surface area contributed by atoms with Gasteiger partial charge in [-0.1, -0.05) is 32.8 Å². The van der Waals surface area contributed by atoms with Crippen LogP contribution in [-0.2, 0) is 5.41 Å². The molecule has 0 bridgehead atoms. The highest BCUT2D eigenvalue weighted by Gasteiger charge is 2.54. The first-order chi connectivity index (χ1) is 9.58.